The molecule has 7 nitrogen and oxygen atoms in total. The van der Waals surface area contributed by atoms with Gasteiger partial charge in [0.1, 0.15) is 5.82 Å². The van der Waals surface area contributed by atoms with Gasteiger partial charge in [0.2, 0.25) is 0 Å². The second-order valence-electron chi connectivity index (χ2n) is 7.28. The molecule has 0 aliphatic heterocycles. The summed E-state index contributed by atoms with van der Waals surface area (Å²) in [5.41, 5.74) is 3.44. The monoisotopic (exact) mass is 432 g/mol. The summed E-state index contributed by atoms with van der Waals surface area (Å²) in [6, 6.07) is 15.5. The third-order valence-corrected chi connectivity index (χ3v) is 5.08. The Balaban J connectivity index is 1.41. The Morgan fingerprint density at radius 1 is 1.03 bits per heavy atom. The Morgan fingerprint density at radius 2 is 1.75 bits per heavy atom. The number of halogens is 1. The topological polar surface area (TPSA) is 89.2 Å². The number of anilines is 1. The van der Waals surface area contributed by atoms with Crippen molar-refractivity contribution in [1.82, 2.24) is 15.1 Å². The molecule has 2 amide bonds. The number of hydrogen-bond donors (Lipinski definition) is 2. The van der Waals surface area contributed by atoms with Crippen molar-refractivity contribution in [1.29, 1.82) is 0 Å². The van der Waals surface area contributed by atoms with Crippen LogP contribution in [0.15, 0.2) is 77.5 Å². The van der Waals surface area contributed by atoms with E-state index in [-0.39, 0.29) is 29.4 Å². The molecule has 0 fully saturated rings. The molecule has 0 radical (unpaired) electrons. The average Bonchev–Trinajstić information content (AvgIpc) is 3.45. The van der Waals surface area contributed by atoms with Gasteiger partial charge in [-0.25, -0.2) is 9.07 Å². The fourth-order valence-corrected chi connectivity index (χ4v) is 3.35. The SMILES string of the molecule is Cc1c(C(C)NC(=O)c2ccc(NC(=O)c3ccco3)cc2)cnn1-c1ccc(F)cc1. The van der Waals surface area contributed by atoms with Crippen LogP contribution in [0.3, 0.4) is 0 Å². The summed E-state index contributed by atoms with van der Waals surface area (Å²) in [4.78, 5) is 24.7. The van der Waals surface area contributed by atoms with Crippen LogP contribution in [0.2, 0.25) is 0 Å². The lowest BCUT2D eigenvalue weighted by Gasteiger charge is -2.14. The van der Waals surface area contributed by atoms with E-state index in [1.807, 2.05) is 13.8 Å². The van der Waals surface area contributed by atoms with Crippen LogP contribution in [0, 0.1) is 12.7 Å². The lowest BCUT2D eigenvalue weighted by atomic mass is 10.1. The number of furan rings is 1. The van der Waals surface area contributed by atoms with Gasteiger partial charge in [-0.2, -0.15) is 5.10 Å². The molecule has 32 heavy (non-hydrogen) atoms. The Kier molecular flexibility index (Phi) is 5.85. The van der Waals surface area contributed by atoms with Gasteiger partial charge in [0.25, 0.3) is 11.8 Å². The zero-order valence-corrected chi connectivity index (χ0v) is 17.5. The van der Waals surface area contributed by atoms with Crippen LogP contribution in [0.5, 0.6) is 0 Å². The zero-order chi connectivity index (χ0) is 22.7. The molecule has 0 spiro atoms. The molecular formula is C24H21FN4O3. The molecule has 162 valence electrons. The lowest BCUT2D eigenvalue weighted by molar-refractivity contribution is 0.0939. The molecule has 2 aromatic heterocycles. The maximum atomic E-state index is 13.2. The molecule has 1 unspecified atom stereocenters. The van der Waals surface area contributed by atoms with E-state index in [9.17, 15) is 14.0 Å². The van der Waals surface area contributed by atoms with Crippen molar-refractivity contribution in [2.45, 2.75) is 19.9 Å². The molecule has 1 atom stereocenters. The minimum Gasteiger partial charge on any atom is -0.459 e. The number of amides is 2. The zero-order valence-electron chi connectivity index (χ0n) is 17.5. The number of carbonyl (C=O) groups excluding carboxylic acids is 2. The smallest absolute Gasteiger partial charge is 0.291 e. The Labute approximate surface area is 183 Å². The molecule has 4 aromatic rings. The third-order valence-electron chi connectivity index (χ3n) is 5.08. The van der Waals surface area contributed by atoms with E-state index in [0.717, 1.165) is 16.9 Å². The van der Waals surface area contributed by atoms with Crippen molar-refractivity contribution in [2.75, 3.05) is 5.32 Å². The predicted octanol–water partition coefficient (Wildman–Crippen LogP) is 4.66. The van der Waals surface area contributed by atoms with Crippen molar-refractivity contribution in [2.24, 2.45) is 0 Å². The van der Waals surface area contributed by atoms with Crippen LogP contribution in [-0.2, 0) is 0 Å². The van der Waals surface area contributed by atoms with Gasteiger partial charge in [-0.15, -0.1) is 0 Å². The normalized spacial score (nSPS) is 11.7. The molecule has 4 rings (SSSR count). The highest BCUT2D eigenvalue weighted by atomic mass is 19.1. The van der Waals surface area contributed by atoms with Gasteiger partial charge in [-0.05, 0) is 74.5 Å². The van der Waals surface area contributed by atoms with Crippen LogP contribution in [0.25, 0.3) is 5.69 Å². The van der Waals surface area contributed by atoms with E-state index < -0.39 is 0 Å². The lowest BCUT2D eigenvalue weighted by Crippen LogP contribution is -2.27. The number of nitrogens with one attached hydrogen (secondary N) is 2. The molecule has 0 bridgehead atoms. The van der Waals surface area contributed by atoms with Crippen molar-refractivity contribution >= 4 is 17.5 Å². The molecule has 2 heterocycles. The Hall–Kier alpha value is -4.20. The van der Waals surface area contributed by atoms with Gasteiger partial charge < -0.3 is 15.1 Å². The van der Waals surface area contributed by atoms with Gasteiger partial charge in [0.15, 0.2) is 5.76 Å². The number of hydrogen-bond acceptors (Lipinski definition) is 4. The highest BCUT2D eigenvalue weighted by Gasteiger charge is 2.17. The summed E-state index contributed by atoms with van der Waals surface area (Å²) in [6.45, 7) is 3.76. The highest BCUT2D eigenvalue weighted by Crippen LogP contribution is 2.21. The van der Waals surface area contributed by atoms with E-state index in [1.54, 1.807) is 59.4 Å². The summed E-state index contributed by atoms with van der Waals surface area (Å²) < 4.78 is 20.0. The largest absolute Gasteiger partial charge is 0.459 e. The third kappa shape index (κ3) is 4.44. The molecular weight excluding hydrogens is 411 g/mol. The summed E-state index contributed by atoms with van der Waals surface area (Å²) in [5.74, 6) is -0.729. The van der Waals surface area contributed by atoms with E-state index in [2.05, 4.69) is 15.7 Å². The number of aromatic nitrogens is 2. The summed E-state index contributed by atoms with van der Waals surface area (Å²) in [6.07, 6.45) is 3.12. The van der Waals surface area contributed by atoms with Crippen molar-refractivity contribution < 1.29 is 18.4 Å². The van der Waals surface area contributed by atoms with Crippen LogP contribution in [0.1, 0.15) is 45.1 Å². The fraction of sp³-hybridized carbons (Fsp3) is 0.125. The van der Waals surface area contributed by atoms with Gasteiger partial charge >= 0.3 is 0 Å². The van der Waals surface area contributed by atoms with Crippen molar-refractivity contribution in [3.8, 4) is 5.69 Å². The van der Waals surface area contributed by atoms with Crippen LogP contribution >= 0.6 is 0 Å². The second-order valence-corrected chi connectivity index (χ2v) is 7.28. The molecule has 0 saturated heterocycles. The highest BCUT2D eigenvalue weighted by molar-refractivity contribution is 6.02. The summed E-state index contributed by atoms with van der Waals surface area (Å²) in [7, 11) is 0. The number of carbonyl (C=O) groups is 2. The van der Waals surface area contributed by atoms with Crippen molar-refractivity contribution in [3.05, 3.63) is 102 Å². The maximum absolute atomic E-state index is 13.2. The van der Waals surface area contributed by atoms with Gasteiger partial charge in [-0.1, -0.05) is 0 Å². The van der Waals surface area contributed by atoms with E-state index in [1.165, 1.54) is 18.4 Å². The predicted molar refractivity (Wildman–Crippen MR) is 117 cm³/mol. The number of rotatable bonds is 6. The van der Waals surface area contributed by atoms with Crippen molar-refractivity contribution in [3.63, 3.8) is 0 Å². The fourth-order valence-electron chi connectivity index (χ4n) is 3.35. The van der Waals surface area contributed by atoms with E-state index >= 15 is 0 Å². The summed E-state index contributed by atoms with van der Waals surface area (Å²) in [5, 5.41) is 10.0. The second kappa shape index (κ2) is 8.89. The Morgan fingerprint density at radius 3 is 2.41 bits per heavy atom. The summed E-state index contributed by atoms with van der Waals surface area (Å²) >= 11 is 0. The minimum atomic E-state index is -0.366. The number of nitrogens with zero attached hydrogens (tertiary/aromatic N) is 2. The first-order valence-corrected chi connectivity index (χ1v) is 9.98. The van der Waals surface area contributed by atoms with Gasteiger partial charge in [0.05, 0.1) is 24.2 Å². The van der Waals surface area contributed by atoms with E-state index in [0.29, 0.717) is 11.3 Å². The quantitative estimate of drug-likeness (QED) is 0.464. The van der Waals surface area contributed by atoms with Crippen LogP contribution < -0.4 is 10.6 Å². The van der Waals surface area contributed by atoms with E-state index in [4.69, 9.17) is 4.42 Å². The molecule has 8 heteroatoms. The van der Waals surface area contributed by atoms with Gasteiger partial charge in [-0.3, -0.25) is 9.59 Å². The van der Waals surface area contributed by atoms with Crippen LogP contribution in [0.4, 0.5) is 10.1 Å². The maximum Gasteiger partial charge on any atom is 0.291 e. The van der Waals surface area contributed by atoms with Crippen LogP contribution in [-0.4, -0.2) is 21.6 Å². The van der Waals surface area contributed by atoms with Gasteiger partial charge in [0, 0.05) is 22.5 Å². The average molecular weight is 432 g/mol. The first-order chi connectivity index (χ1) is 15.4. The standard InChI is InChI=1S/C24H21FN4O3/c1-15(21-14-26-29(16(21)2)20-11-7-18(25)8-12-20)27-23(30)17-5-9-19(10-6-17)28-24(31)22-4-3-13-32-22/h3-15H,1-2H3,(H,27,30)(H,28,31). The first kappa shape index (κ1) is 21.0. The molecule has 0 saturated carbocycles. The molecule has 0 aliphatic rings. The first-order valence-electron chi connectivity index (χ1n) is 9.98. The Bertz CT molecular complexity index is 1230. The molecule has 2 N–H and O–H groups in total. The minimum absolute atomic E-state index is 0.206. The molecule has 0 aliphatic carbocycles. The molecule has 2 aromatic carbocycles. The number of benzene rings is 2.